The third-order valence-corrected chi connectivity index (χ3v) is 5.51. The number of hydrogen-bond acceptors (Lipinski definition) is 2. The summed E-state index contributed by atoms with van der Waals surface area (Å²) in [6, 6.07) is 2.67. The van der Waals surface area contributed by atoms with Crippen LogP contribution in [-0.2, 0) is 15.9 Å². The second-order valence-electron chi connectivity index (χ2n) is 5.15. The molecule has 20 heavy (non-hydrogen) atoms. The van der Waals surface area contributed by atoms with Gasteiger partial charge in [0.2, 0.25) is 10.0 Å². The molecule has 3 nitrogen and oxygen atoms in total. The van der Waals surface area contributed by atoms with Gasteiger partial charge in [-0.2, -0.15) is 0 Å². The number of benzene rings is 1. The van der Waals surface area contributed by atoms with E-state index in [-0.39, 0.29) is 22.3 Å². The van der Waals surface area contributed by atoms with Crippen molar-refractivity contribution in [3.8, 4) is 0 Å². The summed E-state index contributed by atoms with van der Waals surface area (Å²) in [5.74, 6) is -0.224. The van der Waals surface area contributed by atoms with Gasteiger partial charge < -0.3 is 0 Å². The Hall–Kier alpha value is -0.650. The van der Waals surface area contributed by atoms with Gasteiger partial charge in [-0.15, -0.1) is 11.6 Å². The van der Waals surface area contributed by atoms with Crippen LogP contribution >= 0.6 is 11.6 Å². The van der Waals surface area contributed by atoms with Crippen LogP contribution in [0.15, 0.2) is 17.0 Å². The van der Waals surface area contributed by atoms with Crippen LogP contribution in [0, 0.1) is 18.7 Å². The topological polar surface area (TPSA) is 37.4 Å². The summed E-state index contributed by atoms with van der Waals surface area (Å²) in [4.78, 5) is 0.0952. The fourth-order valence-electron chi connectivity index (χ4n) is 1.90. The monoisotopic (exact) mass is 321 g/mol. The van der Waals surface area contributed by atoms with Gasteiger partial charge in [0.05, 0.1) is 10.8 Å². The first kappa shape index (κ1) is 17.4. The van der Waals surface area contributed by atoms with Gasteiger partial charge in [0, 0.05) is 19.2 Å². The summed E-state index contributed by atoms with van der Waals surface area (Å²) in [5, 5.41) is 0. The van der Waals surface area contributed by atoms with Crippen molar-refractivity contribution >= 4 is 21.6 Å². The van der Waals surface area contributed by atoms with E-state index < -0.39 is 15.8 Å². The Morgan fingerprint density at radius 3 is 2.50 bits per heavy atom. The van der Waals surface area contributed by atoms with E-state index in [2.05, 4.69) is 0 Å². The van der Waals surface area contributed by atoms with E-state index in [0.717, 1.165) is 6.42 Å². The van der Waals surface area contributed by atoms with Gasteiger partial charge in [-0.25, -0.2) is 17.1 Å². The molecule has 1 aromatic carbocycles. The molecule has 0 amide bonds. The van der Waals surface area contributed by atoms with Gasteiger partial charge >= 0.3 is 0 Å². The van der Waals surface area contributed by atoms with Crippen LogP contribution in [-0.4, -0.2) is 26.3 Å². The molecule has 0 heterocycles. The molecule has 0 aliphatic rings. The second kappa shape index (κ2) is 6.87. The molecule has 0 saturated carbocycles. The molecule has 114 valence electrons. The molecule has 1 aromatic rings. The first-order valence-corrected chi connectivity index (χ1v) is 8.52. The number of aryl methyl sites for hydroxylation is 1. The molecule has 1 atom stereocenters. The maximum absolute atomic E-state index is 13.7. The lowest BCUT2D eigenvalue weighted by atomic mass is 10.1. The summed E-state index contributed by atoms with van der Waals surface area (Å²) >= 11 is 5.66. The molecule has 0 aliphatic heterocycles. The molecule has 0 aliphatic carbocycles. The number of rotatable bonds is 6. The quantitative estimate of drug-likeness (QED) is 0.752. The Bertz CT molecular complexity index is 575. The Kier molecular flexibility index (Phi) is 5.98. The van der Waals surface area contributed by atoms with Crippen LogP contribution in [0.25, 0.3) is 0 Å². The van der Waals surface area contributed by atoms with Crippen molar-refractivity contribution in [3.63, 3.8) is 0 Å². The minimum Gasteiger partial charge on any atom is -0.207 e. The van der Waals surface area contributed by atoms with Gasteiger partial charge in [-0.3, -0.25) is 0 Å². The predicted molar refractivity (Wildman–Crippen MR) is 80.0 cm³/mol. The van der Waals surface area contributed by atoms with Crippen LogP contribution in [0.3, 0.4) is 0 Å². The van der Waals surface area contributed by atoms with Crippen molar-refractivity contribution in [3.05, 3.63) is 29.1 Å². The summed E-state index contributed by atoms with van der Waals surface area (Å²) in [7, 11) is -2.07. The molecule has 1 rings (SSSR count). The van der Waals surface area contributed by atoms with Gasteiger partial charge in [-0.05, 0) is 30.5 Å². The Balaban J connectivity index is 3.19. The van der Waals surface area contributed by atoms with Gasteiger partial charge in [0.25, 0.3) is 0 Å². The van der Waals surface area contributed by atoms with Gasteiger partial charge in [0.15, 0.2) is 0 Å². The smallest absolute Gasteiger partial charge is 0.207 e. The van der Waals surface area contributed by atoms with E-state index >= 15 is 0 Å². The molecule has 0 spiro atoms. The molecule has 0 radical (unpaired) electrons. The largest absolute Gasteiger partial charge is 0.242 e. The van der Waals surface area contributed by atoms with Crippen molar-refractivity contribution in [2.24, 2.45) is 5.92 Å². The Morgan fingerprint density at radius 1 is 1.40 bits per heavy atom. The zero-order valence-electron chi connectivity index (χ0n) is 12.3. The minimum atomic E-state index is -3.61. The highest BCUT2D eigenvalue weighted by atomic mass is 35.5. The lowest BCUT2D eigenvalue weighted by molar-refractivity contribution is 0.393. The average molecular weight is 322 g/mol. The molecule has 0 bridgehead atoms. The SMILES string of the molecule is CCC(C)CN(C)S(=O)(=O)c1cc(C)c(F)c(CCl)c1. The molecular weight excluding hydrogens is 301 g/mol. The van der Waals surface area contributed by atoms with Crippen molar-refractivity contribution in [1.29, 1.82) is 0 Å². The lowest BCUT2D eigenvalue weighted by Crippen LogP contribution is -2.31. The average Bonchev–Trinajstić information content (AvgIpc) is 2.41. The van der Waals surface area contributed by atoms with Crippen LogP contribution < -0.4 is 0 Å². The first-order valence-electron chi connectivity index (χ1n) is 6.55. The van der Waals surface area contributed by atoms with Crippen LogP contribution in [0.1, 0.15) is 31.4 Å². The highest BCUT2D eigenvalue weighted by Gasteiger charge is 2.24. The van der Waals surface area contributed by atoms with E-state index in [9.17, 15) is 12.8 Å². The fourth-order valence-corrected chi connectivity index (χ4v) is 3.52. The zero-order valence-corrected chi connectivity index (χ0v) is 13.9. The molecule has 1 unspecified atom stereocenters. The first-order chi connectivity index (χ1) is 9.23. The summed E-state index contributed by atoms with van der Waals surface area (Å²) < 4.78 is 40.0. The van der Waals surface area contributed by atoms with Crippen LogP contribution in [0.2, 0.25) is 0 Å². The third-order valence-electron chi connectivity index (χ3n) is 3.42. The van der Waals surface area contributed by atoms with Gasteiger partial charge in [-0.1, -0.05) is 20.3 Å². The normalized spacial score (nSPS) is 13.8. The van der Waals surface area contributed by atoms with Crippen molar-refractivity contribution in [2.45, 2.75) is 38.0 Å². The lowest BCUT2D eigenvalue weighted by Gasteiger charge is -2.21. The van der Waals surface area contributed by atoms with E-state index in [1.54, 1.807) is 14.0 Å². The summed E-state index contributed by atoms with van der Waals surface area (Å²) in [6.07, 6.45) is 0.898. The minimum absolute atomic E-state index is 0.0505. The maximum Gasteiger partial charge on any atom is 0.242 e. The predicted octanol–water partition coefficient (Wildman–Crippen LogP) is 3.54. The third kappa shape index (κ3) is 3.71. The second-order valence-corrected chi connectivity index (χ2v) is 7.46. The Labute approximate surface area is 125 Å². The number of alkyl halides is 1. The molecule has 0 fully saturated rings. The van der Waals surface area contributed by atoms with Crippen LogP contribution in [0.5, 0.6) is 0 Å². The zero-order chi connectivity index (χ0) is 15.5. The number of halogens is 2. The number of sulfonamides is 1. The summed E-state index contributed by atoms with van der Waals surface area (Å²) in [6.45, 7) is 5.98. The number of nitrogens with zero attached hydrogens (tertiary/aromatic N) is 1. The van der Waals surface area contributed by atoms with Gasteiger partial charge in [0.1, 0.15) is 5.82 Å². The maximum atomic E-state index is 13.7. The van der Waals surface area contributed by atoms with Crippen molar-refractivity contribution in [2.75, 3.05) is 13.6 Å². The summed E-state index contributed by atoms with van der Waals surface area (Å²) in [5.41, 5.74) is 0.501. The van der Waals surface area contributed by atoms with Crippen molar-refractivity contribution in [1.82, 2.24) is 4.31 Å². The van der Waals surface area contributed by atoms with Crippen LogP contribution in [0.4, 0.5) is 4.39 Å². The molecule has 0 aromatic heterocycles. The van der Waals surface area contributed by atoms with E-state index in [1.165, 1.54) is 16.4 Å². The van der Waals surface area contributed by atoms with E-state index in [4.69, 9.17) is 11.6 Å². The van der Waals surface area contributed by atoms with Crippen molar-refractivity contribution < 1.29 is 12.8 Å². The standard InChI is InChI=1S/C14H21ClFNO2S/c1-5-10(2)9-17(4)20(18,19)13-6-11(3)14(16)12(7-13)8-15/h6-7,10H,5,8-9H2,1-4H3. The molecular formula is C14H21ClFNO2S. The van der Waals surface area contributed by atoms with E-state index in [1.807, 2.05) is 13.8 Å². The highest BCUT2D eigenvalue weighted by molar-refractivity contribution is 7.89. The molecule has 0 N–H and O–H groups in total. The molecule has 6 heteroatoms. The fraction of sp³-hybridized carbons (Fsp3) is 0.571. The Morgan fingerprint density at radius 2 is 2.00 bits per heavy atom. The molecule has 0 saturated heterocycles. The highest BCUT2D eigenvalue weighted by Crippen LogP contribution is 2.23. The number of hydrogen-bond donors (Lipinski definition) is 0. The van der Waals surface area contributed by atoms with E-state index in [0.29, 0.717) is 12.1 Å².